The van der Waals surface area contributed by atoms with Crippen molar-refractivity contribution >= 4 is 32.5 Å². The van der Waals surface area contributed by atoms with Crippen molar-refractivity contribution in [3.8, 4) is 5.75 Å². The van der Waals surface area contributed by atoms with Crippen LogP contribution in [0.2, 0.25) is 0 Å². The summed E-state index contributed by atoms with van der Waals surface area (Å²) in [5.41, 5.74) is -0.496. The van der Waals surface area contributed by atoms with Crippen LogP contribution in [0.15, 0.2) is 24.3 Å². The molecule has 1 aromatic heterocycles. The maximum atomic E-state index is 11.7. The fourth-order valence-electron chi connectivity index (χ4n) is 1.60. The van der Waals surface area contributed by atoms with Gasteiger partial charge in [-0.15, -0.1) is 11.3 Å². The second-order valence-electron chi connectivity index (χ2n) is 5.14. The van der Waals surface area contributed by atoms with Gasteiger partial charge < -0.3 is 9.47 Å². The lowest BCUT2D eigenvalue weighted by Gasteiger charge is -2.19. The van der Waals surface area contributed by atoms with Crippen molar-refractivity contribution < 1.29 is 14.3 Å². The molecule has 0 aliphatic heterocycles. The van der Waals surface area contributed by atoms with E-state index in [0.29, 0.717) is 0 Å². The number of carbonyl (C=O) groups excluding carboxylic acids is 1. The van der Waals surface area contributed by atoms with Crippen LogP contribution in [-0.4, -0.2) is 18.8 Å². The molecule has 5 heteroatoms. The number of amides is 1. The zero-order valence-electron chi connectivity index (χ0n) is 11.4. The van der Waals surface area contributed by atoms with Crippen molar-refractivity contribution in [3.05, 3.63) is 24.3 Å². The van der Waals surface area contributed by atoms with Crippen molar-refractivity contribution in [3.63, 3.8) is 0 Å². The van der Waals surface area contributed by atoms with Crippen LogP contribution >= 0.6 is 11.3 Å². The van der Waals surface area contributed by atoms with Gasteiger partial charge in [0.05, 0.1) is 12.1 Å². The van der Waals surface area contributed by atoms with Crippen LogP contribution in [-0.2, 0) is 4.74 Å². The van der Waals surface area contributed by atoms with E-state index in [1.165, 1.54) is 11.3 Å². The van der Waals surface area contributed by atoms with E-state index in [9.17, 15) is 4.79 Å². The molecule has 0 aliphatic rings. The highest BCUT2D eigenvalue weighted by Gasteiger charge is 2.16. The van der Waals surface area contributed by atoms with Gasteiger partial charge in [-0.1, -0.05) is 0 Å². The Bertz CT molecular complexity index is 598. The predicted molar refractivity (Wildman–Crippen MR) is 78.2 cm³/mol. The molecule has 0 atom stereocenters. The number of methoxy groups -OCH3 is 1. The molecule has 0 saturated carbocycles. The number of hydrogen-bond donors (Lipinski definition) is 1. The maximum absolute atomic E-state index is 11.7. The first-order valence-electron chi connectivity index (χ1n) is 5.95. The number of nitrogens with one attached hydrogen (secondary N) is 1. The zero-order chi connectivity index (χ0) is 14.0. The van der Waals surface area contributed by atoms with E-state index in [-0.39, 0.29) is 0 Å². The number of benzene rings is 1. The standard InChI is InChI=1S/C14H17NO3S/c1-14(2,3)18-13(16)15-12-7-9-5-6-10(17-4)8-11(9)19-12/h5-8H,1-4H3,(H,15,16). The van der Waals surface area contributed by atoms with E-state index in [1.54, 1.807) is 7.11 Å². The summed E-state index contributed by atoms with van der Waals surface area (Å²) in [5, 5.41) is 4.57. The Kier molecular flexibility index (Phi) is 3.66. The van der Waals surface area contributed by atoms with Crippen molar-refractivity contribution in [2.24, 2.45) is 0 Å². The van der Waals surface area contributed by atoms with E-state index in [2.05, 4.69) is 5.32 Å². The smallest absolute Gasteiger partial charge is 0.412 e. The number of anilines is 1. The Balaban J connectivity index is 2.15. The third-order valence-corrected chi connectivity index (χ3v) is 3.36. The van der Waals surface area contributed by atoms with Crippen LogP contribution in [0.25, 0.3) is 10.1 Å². The molecule has 1 amide bonds. The van der Waals surface area contributed by atoms with E-state index < -0.39 is 11.7 Å². The lowest BCUT2D eigenvalue weighted by atomic mass is 10.2. The molecule has 2 rings (SSSR count). The largest absolute Gasteiger partial charge is 0.497 e. The molecule has 0 spiro atoms. The van der Waals surface area contributed by atoms with Crippen molar-refractivity contribution in [2.75, 3.05) is 12.4 Å². The number of thiophene rings is 1. The summed E-state index contributed by atoms with van der Waals surface area (Å²) in [5.74, 6) is 0.804. The molecule has 102 valence electrons. The fourth-order valence-corrected chi connectivity index (χ4v) is 2.58. The summed E-state index contributed by atoms with van der Waals surface area (Å²) in [4.78, 5) is 11.7. The molecule has 19 heavy (non-hydrogen) atoms. The quantitative estimate of drug-likeness (QED) is 0.893. The van der Waals surface area contributed by atoms with Gasteiger partial charge in [0.1, 0.15) is 11.4 Å². The highest BCUT2D eigenvalue weighted by atomic mass is 32.1. The number of hydrogen-bond acceptors (Lipinski definition) is 4. The van der Waals surface area contributed by atoms with Gasteiger partial charge in [0.25, 0.3) is 0 Å². The summed E-state index contributed by atoms with van der Waals surface area (Å²) < 4.78 is 11.4. The van der Waals surface area contributed by atoms with Gasteiger partial charge in [-0.3, -0.25) is 5.32 Å². The molecule has 0 radical (unpaired) electrons. The van der Waals surface area contributed by atoms with Crippen LogP contribution in [0.4, 0.5) is 9.80 Å². The summed E-state index contributed by atoms with van der Waals surface area (Å²) in [6.07, 6.45) is -0.439. The number of carbonyl (C=O) groups is 1. The summed E-state index contributed by atoms with van der Waals surface area (Å²) in [6, 6.07) is 7.72. The second-order valence-corrected chi connectivity index (χ2v) is 6.23. The first kappa shape index (κ1) is 13.7. The Morgan fingerprint density at radius 1 is 1.26 bits per heavy atom. The lowest BCUT2D eigenvalue weighted by Crippen LogP contribution is -2.26. The van der Waals surface area contributed by atoms with Crippen LogP contribution in [0.1, 0.15) is 20.8 Å². The molecule has 0 unspecified atom stereocenters. The van der Waals surface area contributed by atoms with Gasteiger partial charge in [0, 0.05) is 4.70 Å². The number of rotatable bonds is 2. The molecule has 0 saturated heterocycles. The van der Waals surface area contributed by atoms with Gasteiger partial charge in [-0.25, -0.2) is 4.79 Å². The van der Waals surface area contributed by atoms with Gasteiger partial charge in [0.2, 0.25) is 0 Å². The Hall–Kier alpha value is -1.75. The third kappa shape index (κ3) is 3.61. The molecule has 2 aromatic rings. The van der Waals surface area contributed by atoms with E-state index >= 15 is 0 Å². The summed E-state index contributed by atoms with van der Waals surface area (Å²) >= 11 is 1.49. The molecule has 4 nitrogen and oxygen atoms in total. The molecular weight excluding hydrogens is 262 g/mol. The minimum absolute atomic E-state index is 0.439. The molecule has 1 aromatic carbocycles. The van der Waals surface area contributed by atoms with Crippen molar-refractivity contribution in [1.82, 2.24) is 0 Å². The first-order chi connectivity index (χ1) is 8.87. The highest BCUT2D eigenvalue weighted by molar-refractivity contribution is 7.23. The van der Waals surface area contributed by atoms with E-state index in [4.69, 9.17) is 9.47 Å². The lowest BCUT2D eigenvalue weighted by molar-refractivity contribution is 0.0636. The SMILES string of the molecule is COc1ccc2cc(NC(=O)OC(C)(C)C)sc2c1. The highest BCUT2D eigenvalue weighted by Crippen LogP contribution is 2.32. The zero-order valence-corrected chi connectivity index (χ0v) is 12.3. The molecule has 1 N–H and O–H groups in total. The van der Waals surface area contributed by atoms with Gasteiger partial charge in [0.15, 0.2) is 0 Å². The number of ether oxygens (including phenoxy) is 2. The van der Waals surface area contributed by atoms with Gasteiger partial charge in [-0.05, 0) is 50.4 Å². The van der Waals surface area contributed by atoms with E-state index in [1.807, 2.05) is 45.0 Å². The predicted octanol–water partition coefficient (Wildman–Crippen LogP) is 4.26. The van der Waals surface area contributed by atoms with Gasteiger partial charge in [-0.2, -0.15) is 0 Å². The molecule has 0 bridgehead atoms. The first-order valence-corrected chi connectivity index (χ1v) is 6.76. The molecule has 0 aliphatic carbocycles. The Labute approximate surface area is 116 Å². The van der Waals surface area contributed by atoms with Crippen LogP contribution in [0, 0.1) is 0 Å². The van der Waals surface area contributed by atoms with Crippen molar-refractivity contribution in [1.29, 1.82) is 0 Å². The Morgan fingerprint density at radius 2 is 2.00 bits per heavy atom. The fraction of sp³-hybridized carbons (Fsp3) is 0.357. The molecule has 1 heterocycles. The normalized spacial score (nSPS) is 11.4. The van der Waals surface area contributed by atoms with Crippen LogP contribution < -0.4 is 10.1 Å². The molecular formula is C14H17NO3S. The van der Waals surface area contributed by atoms with Crippen LogP contribution in [0.3, 0.4) is 0 Å². The third-order valence-electron chi connectivity index (χ3n) is 2.35. The average molecular weight is 279 g/mol. The maximum Gasteiger partial charge on any atom is 0.412 e. The van der Waals surface area contributed by atoms with Gasteiger partial charge >= 0.3 is 6.09 Å². The Morgan fingerprint density at radius 3 is 2.63 bits per heavy atom. The van der Waals surface area contributed by atoms with Crippen LogP contribution in [0.5, 0.6) is 5.75 Å². The summed E-state index contributed by atoms with van der Waals surface area (Å²) in [6.45, 7) is 5.51. The average Bonchev–Trinajstić information content (AvgIpc) is 2.66. The van der Waals surface area contributed by atoms with Crippen molar-refractivity contribution in [2.45, 2.75) is 26.4 Å². The summed E-state index contributed by atoms with van der Waals surface area (Å²) in [7, 11) is 1.63. The monoisotopic (exact) mass is 279 g/mol. The number of fused-ring (bicyclic) bond motifs is 1. The minimum atomic E-state index is -0.496. The second kappa shape index (κ2) is 5.09. The van der Waals surface area contributed by atoms with E-state index in [0.717, 1.165) is 20.8 Å². The topological polar surface area (TPSA) is 47.6 Å². The molecule has 0 fully saturated rings. The minimum Gasteiger partial charge on any atom is -0.497 e.